The van der Waals surface area contributed by atoms with Gasteiger partial charge in [0.15, 0.2) is 5.69 Å². The van der Waals surface area contributed by atoms with Gasteiger partial charge in [-0.1, -0.05) is 53.7 Å². The minimum atomic E-state index is -0.214. The predicted molar refractivity (Wildman–Crippen MR) is 136 cm³/mol. The molecule has 0 spiro atoms. The number of nitrogens with one attached hydrogen (secondary N) is 2. The third kappa shape index (κ3) is 5.90. The number of rotatable bonds is 5. The van der Waals surface area contributed by atoms with Crippen LogP contribution < -0.4 is 10.2 Å². The van der Waals surface area contributed by atoms with Crippen LogP contribution in [-0.2, 0) is 5.41 Å². The molecule has 1 aromatic carbocycles. The van der Waals surface area contributed by atoms with Gasteiger partial charge < -0.3 is 10.2 Å². The summed E-state index contributed by atoms with van der Waals surface area (Å²) in [6, 6.07) is 11.2. The molecule has 7 nitrogen and oxygen atoms in total. The maximum absolute atomic E-state index is 13.0. The Bertz CT molecular complexity index is 1180. The van der Waals surface area contributed by atoms with E-state index in [2.05, 4.69) is 62.0 Å². The first-order valence-corrected chi connectivity index (χ1v) is 11.5. The molecule has 2 heterocycles. The molecule has 2 aromatic heterocycles. The average molecular weight is 462 g/mol. The molecular formula is C27H35N5O2. The molecule has 0 saturated carbocycles. The molecule has 180 valence electrons. The minimum Gasteiger partial charge on any atom is -0.352 e. The summed E-state index contributed by atoms with van der Waals surface area (Å²) in [5.41, 5.74) is 5.09. The van der Waals surface area contributed by atoms with Crippen molar-refractivity contribution in [1.29, 1.82) is 0 Å². The normalized spacial score (nSPS) is 11.9. The molecule has 2 amide bonds. The summed E-state index contributed by atoms with van der Waals surface area (Å²) in [4.78, 5) is 31.5. The molecule has 0 atom stereocenters. The Balaban J connectivity index is 1.81. The Morgan fingerprint density at radius 1 is 1.03 bits per heavy atom. The second-order valence-corrected chi connectivity index (χ2v) is 10.9. The van der Waals surface area contributed by atoms with E-state index in [9.17, 15) is 9.59 Å². The van der Waals surface area contributed by atoms with Crippen molar-refractivity contribution in [3.05, 3.63) is 65.2 Å². The third-order valence-electron chi connectivity index (χ3n) is 5.61. The number of hydrogen-bond acceptors (Lipinski definition) is 4. The van der Waals surface area contributed by atoms with E-state index >= 15 is 0 Å². The van der Waals surface area contributed by atoms with Gasteiger partial charge in [0.05, 0.1) is 11.9 Å². The topological polar surface area (TPSA) is 91.0 Å². The van der Waals surface area contributed by atoms with Crippen molar-refractivity contribution in [2.24, 2.45) is 5.41 Å². The van der Waals surface area contributed by atoms with Crippen molar-refractivity contribution in [1.82, 2.24) is 20.5 Å². The fraction of sp³-hybridized carbons (Fsp3) is 0.407. The van der Waals surface area contributed by atoms with Crippen molar-refractivity contribution in [2.45, 2.75) is 53.9 Å². The molecule has 7 heteroatoms. The van der Waals surface area contributed by atoms with Crippen LogP contribution in [-0.4, -0.2) is 40.6 Å². The zero-order valence-corrected chi connectivity index (χ0v) is 21.4. The molecule has 0 radical (unpaired) electrons. The quantitative estimate of drug-likeness (QED) is 0.551. The number of benzene rings is 1. The number of pyridine rings is 1. The molecule has 2 N–H and O–H groups in total. The van der Waals surface area contributed by atoms with Gasteiger partial charge in [-0.2, -0.15) is 5.10 Å². The molecule has 0 bridgehead atoms. The Hall–Kier alpha value is -3.48. The number of aromatic nitrogens is 3. The van der Waals surface area contributed by atoms with Gasteiger partial charge in [-0.3, -0.25) is 19.7 Å². The smallest absolute Gasteiger partial charge is 0.278 e. The van der Waals surface area contributed by atoms with Crippen LogP contribution in [0.4, 0.5) is 5.69 Å². The lowest BCUT2D eigenvalue weighted by Gasteiger charge is -2.19. The monoisotopic (exact) mass is 461 g/mol. The maximum atomic E-state index is 13.0. The molecule has 34 heavy (non-hydrogen) atoms. The summed E-state index contributed by atoms with van der Waals surface area (Å²) < 4.78 is 0. The largest absolute Gasteiger partial charge is 0.352 e. The van der Waals surface area contributed by atoms with Crippen LogP contribution in [0, 0.1) is 12.3 Å². The van der Waals surface area contributed by atoms with Crippen molar-refractivity contribution in [3.63, 3.8) is 0 Å². The fourth-order valence-corrected chi connectivity index (χ4v) is 3.35. The molecule has 0 unspecified atom stereocenters. The number of amides is 2. The number of H-pyrrole nitrogens is 1. The highest BCUT2D eigenvalue weighted by Crippen LogP contribution is 2.28. The standard InChI is InChI=1S/C27H35N5O2/c1-17-21(18-9-11-19(12-10-18)24(33)29-16-26(2,3)4)13-20(15-28-17)32(8)25(34)22-14-23(31-30-22)27(5,6)7/h9-15H,16H2,1-8H3,(H,29,33)(H,30,31). The molecular weight excluding hydrogens is 426 g/mol. The number of carbonyl (C=O) groups is 2. The van der Waals surface area contributed by atoms with Gasteiger partial charge in [0.1, 0.15) is 0 Å². The lowest BCUT2D eigenvalue weighted by Crippen LogP contribution is -2.32. The van der Waals surface area contributed by atoms with Crippen LogP contribution in [0.5, 0.6) is 0 Å². The van der Waals surface area contributed by atoms with E-state index in [1.54, 1.807) is 24.2 Å². The van der Waals surface area contributed by atoms with Crippen molar-refractivity contribution >= 4 is 17.5 Å². The molecule has 0 saturated heterocycles. The summed E-state index contributed by atoms with van der Waals surface area (Å²) in [5, 5.41) is 10.1. The van der Waals surface area contributed by atoms with E-state index in [0.29, 0.717) is 23.5 Å². The summed E-state index contributed by atoms with van der Waals surface area (Å²) in [6.07, 6.45) is 1.68. The van der Waals surface area contributed by atoms with E-state index in [4.69, 9.17) is 0 Å². The molecule has 0 fully saturated rings. The van der Waals surface area contributed by atoms with Gasteiger partial charge in [0, 0.05) is 41.5 Å². The lowest BCUT2D eigenvalue weighted by atomic mass is 9.92. The van der Waals surface area contributed by atoms with Crippen molar-refractivity contribution in [2.75, 3.05) is 18.5 Å². The van der Waals surface area contributed by atoms with Crippen LogP contribution in [0.3, 0.4) is 0 Å². The van der Waals surface area contributed by atoms with Gasteiger partial charge in [0.25, 0.3) is 11.8 Å². The number of aromatic amines is 1. The molecule has 3 rings (SSSR count). The average Bonchev–Trinajstić information content (AvgIpc) is 3.27. The van der Waals surface area contributed by atoms with Gasteiger partial charge in [-0.25, -0.2) is 0 Å². The highest BCUT2D eigenvalue weighted by Gasteiger charge is 2.22. The van der Waals surface area contributed by atoms with Crippen LogP contribution >= 0.6 is 0 Å². The highest BCUT2D eigenvalue weighted by atomic mass is 16.2. The van der Waals surface area contributed by atoms with E-state index in [0.717, 1.165) is 22.5 Å². The zero-order valence-electron chi connectivity index (χ0n) is 21.4. The second-order valence-electron chi connectivity index (χ2n) is 10.9. The lowest BCUT2D eigenvalue weighted by molar-refractivity contribution is 0.0938. The summed E-state index contributed by atoms with van der Waals surface area (Å²) >= 11 is 0. The van der Waals surface area contributed by atoms with Crippen LogP contribution in [0.25, 0.3) is 11.1 Å². The van der Waals surface area contributed by atoms with Gasteiger partial charge in [0.2, 0.25) is 0 Å². The minimum absolute atomic E-state index is 0.0203. The number of carbonyl (C=O) groups excluding carboxylic acids is 2. The van der Waals surface area contributed by atoms with Gasteiger partial charge in [-0.15, -0.1) is 0 Å². The Morgan fingerprint density at radius 2 is 1.68 bits per heavy atom. The van der Waals surface area contributed by atoms with E-state index in [1.807, 2.05) is 37.3 Å². The molecule has 0 aliphatic rings. The number of anilines is 1. The second kappa shape index (κ2) is 9.41. The fourth-order valence-electron chi connectivity index (χ4n) is 3.35. The van der Waals surface area contributed by atoms with Crippen molar-refractivity contribution in [3.8, 4) is 11.1 Å². The maximum Gasteiger partial charge on any atom is 0.278 e. The van der Waals surface area contributed by atoms with Gasteiger partial charge >= 0.3 is 0 Å². The Labute approximate surface area is 202 Å². The first kappa shape index (κ1) is 25.1. The van der Waals surface area contributed by atoms with E-state index in [1.165, 1.54) is 0 Å². The molecule has 0 aliphatic heterocycles. The predicted octanol–water partition coefficient (Wildman–Crippen LogP) is 5.13. The zero-order chi connectivity index (χ0) is 25.3. The summed E-state index contributed by atoms with van der Waals surface area (Å²) in [6.45, 7) is 15.0. The first-order valence-electron chi connectivity index (χ1n) is 11.5. The van der Waals surface area contributed by atoms with Crippen LogP contribution in [0.1, 0.15) is 73.8 Å². The summed E-state index contributed by atoms with van der Waals surface area (Å²) in [7, 11) is 1.71. The van der Waals surface area contributed by atoms with Crippen LogP contribution in [0.15, 0.2) is 42.6 Å². The first-order chi connectivity index (χ1) is 15.8. The molecule has 0 aliphatic carbocycles. The van der Waals surface area contributed by atoms with E-state index in [-0.39, 0.29) is 22.6 Å². The summed E-state index contributed by atoms with van der Waals surface area (Å²) in [5.74, 6) is -0.307. The Kier molecular flexibility index (Phi) is 6.96. The highest BCUT2D eigenvalue weighted by molar-refractivity contribution is 6.04. The van der Waals surface area contributed by atoms with Crippen molar-refractivity contribution < 1.29 is 9.59 Å². The third-order valence-corrected chi connectivity index (χ3v) is 5.61. The number of aryl methyl sites for hydroxylation is 1. The van der Waals surface area contributed by atoms with E-state index < -0.39 is 0 Å². The number of hydrogen-bond donors (Lipinski definition) is 2. The Morgan fingerprint density at radius 3 is 2.24 bits per heavy atom. The number of nitrogens with zero attached hydrogens (tertiary/aromatic N) is 3. The van der Waals surface area contributed by atoms with Crippen LogP contribution in [0.2, 0.25) is 0 Å². The SMILES string of the molecule is Cc1ncc(N(C)C(=O)c2cc(C(C)(C)C)[nH]n2)cc1-c1ccc(C(=O)NCC(C)(C)C)cc1. The van der Waals surface area contributed by atoms with Gasteiger partial charge in [-0.05, 0) is 42.2 Å². The molecule has 3 aromatic rings.